The van der Waals surface area contributed by atoms with E-state index >= 15 is 0 Å². The fourth-order valence-electron chi connectivity index (χ4n) is 4.85. The van der Waals surface area contributed by atoms with Gasteiger partial charge >= 0.3 is 0 Å². The molecule has 1 saturated heterocycles. The van der Waals surface area contributed by atoms with E-state index in [0.29, 0.717) is 25.7 Å². The van der Waals surface area contributed by atoms with Crippen LogP contribution >= 0.6 is 0 Å². The molecule has 1 saturated carbocycles. The van der Waals surface area contributed by atoms with Gasteiger partial charge in [0.15, 0.2) is 0 Å². The Bertz CT molecular complexity index is 1080. The molecule has 2 aromatic carbocycles. The molecule has 2 fully saturated rings. The van der Waals surface area contributed by atoms with Crippen LogP contribution in [0.2, 0.25) is 0 Å². The molecule has 33 heavy (non-hydrogen) atoms. The molecule has 1 aliphatic heterocycles. The molecule has 6 heteroatoms. The number of aryl methyl sites for hydroxylation is 1. The van der Waals surface area contributed by atoms with Gasteiger partial charge in [-0.25, -0.2) is 0 Å². The maximum atomic E-state index is 13.4. The number of nitrogens with zero attached hydrogens (tertiary/aromatic N) is 2. The highest BCUT2D eigenvalue weighted by Crippen LogP contribution is 2.36. The lowest BCUT2D eigenvalue weighted by Gasteiger charge is -2.30. The van der Waals surface area contributed by atoms with Crippen molar-refractivity contribution in [3.8, 4) is 11.1 Å². The monoisotopic (exact) mass is 447 g/mol. The van der Waals surface area contributed by atoms with Crippen LogP contribution in [0, 0.1) is 0 Å². The van der Waals surface area contributed by atoms with Crippen molar-refractivity contribution in [3.05, 3.63) is 60.3 Å². The molecule has 0 radical (unpaired) electrons. The highest BCUT2D eigenvalue weighted by molar-refractivity contribution is 5.98. The van der Waals surface area contributed by atoms with Crippen LogP contribution in [0.15, 0.2) is 54.7 Å². The van der Waals surface area contributed by atoms with Gasteiger partial charge < -0.3 is 24.3 Å². The second-order valence-corrected chi connectivity index (χ2v) is 9.02. The van der Waals surface area contributed by atoms with Crippen LogP contribution in [-0.2, 0) is 27.4 Å². The van der Waals surface area contributed by atoms with E-state index < -0.39 is 0 Å². The zero-order chi connectivity index (χ0) is 22.6. The summed E-state index contributed by atoms with van der Waals surface area (Å²) in [7, 11) is 1.74. The summed E-state index contributed by atoms with van der Waals surface area (Å²) in [6, 6.07) is 17.4. The normalized spacial score (nSPS) is 18.5. The average Bonchev–Trinajstić information content (AvgIpc) is 3.65. The second kappa shape index (κ2) is 10.1. The molecule has 5 rings (SSSR count). The maximum Gasteiger partial charge on any atom is 0.253 e. The number of nitrogens with one attached hydrogen (secondary N) is 1. The van der Waals surface area contributed by atoms with Gasteiger partial charge in [-0.2, -0.15) is 0 Å². The van der Waals surface area contributed by atoms with Crippen LogP contribution in [0.25, 0.3) is 22.0 Å². The predicted octanol–water partition coefficient (Wildman–Crippen LogP) is 3.82. The van der Waals surface area contributed by atoms with E-state index in [1.54, 1.807) is 7.11 Å². The van der Waals surface area contributed by atoms with Gasteiger partial charge in [-0.1, -0.05) is 42.5 Å². The summed E-state index contributed by atoms with van der Waals surface area (Å²) in [6.45, 7) is 4.22. The number of rotatable bonds is 9. The third-order valence-electron chi connectivity index (χ3n) is 6.63. The minimum atomic E-state index is -0.386. The van der Waals surface area contributed by atoms with Crippen LogP contribution in [0.4, 0.5) is 0 Å². The molecule has 1 aliphatic carbocycles. The SMILES string of the molecule is COCCCn1cc(CN(C(=O)C2CNCCO2)C2CC2)c2c(-c3ccccc3)cccc21. The number of aromatic nitrogens is 1. The van der Waals surface area contributed by atoms with Gasteiger partial charge in [-0.05, 0) is 42.0 Å². The summed E-state index contributed by atoms with van der Waals surface area (Å²) in [5.74, 6) is 0.113. The third kappa shape index (κ3) is 4.83. The van der Waals surface area contributed by atoms with E-state index in [1.165, 1.54) is 27.6 Å². The van der Waals surface area contributed by atoms with Crippen LogP contribution in [0.3, 0.4) is 0 Å². The molecule has 1 unspecified atom stereocenters. The first-order valence-corrected chi connectivity index (χ1v) is 12.0. The first-order chi connectivity index (χ1) is 16.3. The molecule has 1 amide bonds. The summed E-state index contributed by atoms with van der Waals surface area (Å²) < 4.78 is 13.4. The van der Waals surface area contributed by atoms with Crippen molar-refractivity contribution in [2.24, 2.45) is 0 Å². The van der Waals surface area contributed by atoms with Crippen molar-refractivity contribution < 1.29 is 14.3 Å². The quantitative estimate of drug-likeness (QED) is 0.507. The summed E-state index contributed by atoms with van der Waals surface area (Å²) in [6.07, 6.45) is 4.95. The van der Waals surface area contributed by atoms with Crippen LogP contribution in [0.5, 0.6) is 0 Å². The van der Waals surface area contributed by atoms with Gasteiger partial charge in [0.1, 0.15) is 6.10 Å². The number of morpholine rings is 1. The molecule has 0 bridgehead atoms. The number of hydrogen-bond acceptors (Lipinski definition) is 4. The second-order valence-electron chi connectivity index (χ2n) is 9.02. The van der Waals surface area contributed by atoms with Gasteiger partial charge in [0.25, 0.3) is 5.91 Å². The topological polar surface area (TPSA) is 55.7 Å². The summed E-state index contributed by atoms with van der Waals surface area (Å²) in [5.41, 5.74) is 4.82. The van der Waals surface area contributed by atoms with E-state index in [9.17, 15) is 4.79 Å². The molecule has 3 aromatic rings. The lowest BCUT2D eigenvalue weighted by atomic mass is 9.99. The number of amides is 1. The number of methoxy groups -OCH3 is 1. The van der Waals surface area contributed by atoms with Crippen molar-refractivity contribution in [2.45, 2.75) is 44.5 Å². The number of hydrogen-bond donors (Lipinski definition) is 1. The summed E-state index contributed by atoms with van der Waals surface area (Å²) >= 11 is 0. The van der Waals surface area contributed by atoms with E-state index in [0.717, 1.165) is 39.0 Å². The van der Waals surface area contributed by atoms with Crippen molar-refractivity contribution >= 4 is 16.8 Å². The zero-order valence-electron chi connectivity index (χ0n) is 19.3. The highest BCUT2D eigenvalue weighted by atomic mass is 16.5. The minimum absolute atomic E-state index is 0.113. The molecule has 1 aromatic heterocycles. The number of ether oxygens (including phenoxy) is 2. The van der Waals surface area contributed by atoms with E-state index in [1.807, 2.05) is 6.07 Å². The zero-order valence-corrected chi connectivity index (χ0v) is 19.3. The standard InChI is InChI=1S/C27H33N3O3/c1-32-15-6-14-29-18-21(19-30(22-11-12-22)27(31)25-17-28-13-16-33-25)26-23(9-5-10-24(26)29)20-7-3-2-4-8-20/h2-5,7-10,18,22,25,28H,6,11-17,19H2,1H3. The molecule has 1 N–H and O–H groups in total. The third-order valence-corrected chi connectivity index (χ3v) is 6.63. The summed E-state index contributed by atoms with van der Waals surface area (Å²) in [5, 5.41) is 4.54. The number of benzene rings is 2. The minimum Gasteiger partial charge on any atom is -0.385 e. The fourth-order valence-corrected chi connectivity index (χ4v) is 4.85. The fraction of sp³-hybridized carbons (Fsp3) is 0.444. The van der Waals surface area contributed by atoms with Gasteiger partial charge in [0.05, 0.1) is 6.61 Å². The first kappa shape index (κ1) is 22.1. The Balaban J connectivity index is 1.53. The largest absolute Gasteiger partial charge is 0.385 e. The van der Waals surface area contributed by atoms with Gasteiger partial charge in [0, 0.05) is 63.0 Å². The molecular weight excluding hydrogens is 414 g/mol. The number of fused-ring (bicyclic) bond motifs is 1. The Morgan fingerprint density at radius 3 is 2.76 bits per heavy atom. The molecule has 2 heterocycles. The number of carbonyl (C=O) groups excluding carboxylic acids is 1. The van der Waals surface area contributed by atoms with Crippen LogP contribution in [0.1, 0.15) is 24.8 Å². The van der Waals surface area contributed by atoms with Crippen LogP contribution in [-0.4, -0.2) is 60.9 Å². The lowest BCUT2D eigenvalue weighted by Crippen LogP contribution is -2.49. The Morgan fingerprint density at radius 2 is 2.03 bits per heavy atom. The Morgan fingerprint density at radius 1 is 1.18 bits per heavy atom. The van der Waals surface area contributed by atoms with Crippen molar-refractivity contribution in [1.29, 1.82) is 0 Å². The first-order valence-electron chi connectivity index (χ1n) is 12.0. The number of carbonyl (C=O) groups is 1. The van der Waals surface area contributed by atoms with Gasteiger partial charge in [-0.3, -0.25) is 4.79 Å². The molecule has 1 atom stereocenters. The molecule has 174 valence electrons. The Hall–Kier alpha value is -2.67. The highest BCUT2D eigenvalue weighted by Gasteiger charge is 2.37. The van der Waals surface area contributed by atoms with Gasteiger partial charge in [-0.15, -0.1) is 0 Å². The van der Waals surface area contributed by atoms with E-state index in [-0.39, 0.29) is 12.0 Å². The van der Waals surface area contributed by atoms with Gasteiger partial charge in [0.2, 0.25) is 0 Å². The predicted molar refractivity (Wildman–Crippen MR) is 130 cm³/mol. The smallest absolute Gasteiger partial charge is 0.253 e. The van der Waals surface area contributed by atoms with Crippen LogP contribution < -0.4 is 5.32 Å². The molecule has 0 spiro atoms. The Labute approximate surface area is 195 Å². The average molecular weight is 448 g/mol. The molecule has 6 nitrogen and oxygen atoms in total. The van der Waals surface area contributed by atoms with Crippen molar-refractivity contribution in [2.75, 3.05) is 33.4 Å². The van der Waals surface area contributed by atoms with E-state index in [4.69, 9.17) is 9.47 Å². The molecule has 2 aliphatic rings. The lowest BCUT2D eigenvalue weighted by molar-refractivity contribution is -0.146. The maximum absolute atomic E-state index is 13.4. The molecular formula is C27H33N3O3. The van der Waals surface area contributed by atoms with Crippen molar-refractivity contribution in [3.63, 3.8) is 0 Å². The van der Waals surface area contributed by atoms with E-state index in [2.05, 4.69) is 63.4 Å². The summed E-state index contributed by atoms with van der Waals surface area (Å²) in [4.78, 5) is 15.5. The Kier molecular flexibility index (Phi) is 6.76. The van der Waals surface area contributed by atoms with Crippen molar-refractivity contribution in [1.82, 2.24) is 14.8 Å².